The van der Waals surface area contributed by atoms with Gasteiger partial charge < -0.3 is 4.74 Å². The maximum absolute atomic E-state index is 12.8. The highest BCUT2D eigenvalue weighted by Crippen LogP contribution is 2.45. The summed E-state index contributed by atoms with van der Waals surface area (Å²) < 4.78 is 33.7. The van der Waals surface area contributed by atoms with Crippen molar-refractivity contribution < 1.29 is 13.2 Å². The molecule has 3 rings (SSSR count). The average Bonchev–Trinajstić information content (AvgIpc) is 2.98. The third-order valence-corrected chi connectivity index (χ3v) is 6.78. The number of benzene rings is 1. The van der Waals surface area contributed by atoms with Gasteiger partial charge in [0.15, 0.2) is 0 Å². The summed E-state index contributed by atoms with van der Waals surface area (Å²) in [5.41, 5.74) is 1.48. The van der Waals surface area contributed by atoms with Gasteiger partial charge in [-0.25, -0.2) is 13.1 Å². The van der Waals surface area contributed by atoms with Crippen LogP contribution in [0.2, 0.25) is 0 Å². The molecule has 2 bridgehead atoms. The Kier molecular flexibility index (Phi) is 3.74. The highest BCUT2D eigenvalue weighted by atomic mass is 32.2. The van der Waals surface area contributed by atoms with Crippen LogP contribution < -0.4 is 9.46 Å². The summed E-state index contributed by atoms with van der Waals surface area (Å²) >= 11 is 0. The predicted molar refractivity (Wildman–Crippen MR) is 82.0 cm³/mol. The first-order valence-corrected chi connectivity index (χ1v) is 9.06. The van der Waals surface area contributed by atoms with Crippen molar-refractivity contribution in [2.45, 2.75) is 50.5 Å². The molecule has 0 radical (unpaired) electrons. The third-order valence-electron chi connectivity index (χ3n) is 4.98. The van der Waals surface area contributed by atoms with E-state index in [1.807, 2.05) is 13.8 Å². The molecule has 0 unspecified atom stereocenters. The van der Waals surface area contributed by atoms with Crippen LogP contribution in [0.5, 0.6) is 5.75 Å². The average molecular weight is 309 g/mol. The van der Waals surface area contributed by atoms with E-state index in [2.05, 4.69) is 4.72 Å². The zero-order valence-corrected chi connectivity index (χ0v) is 13.7. The van der Waals surface area contributed by atoms with Crippen molar-refractivity contribution in [3.8, 4) is 5.75 Å². The number of nitrogens with one attached hydrogen (secondary N) is 1. The summed E-state index contributed by atoms with van der Waals surface area (Å²) in [5, 5.41) is 0. The van der Waals surface area contributed by atoms with Gasteiger partial charge in [-0.05, 0) is 68.2 Å². The summed E-state index contributed by atoms with van der Waals surface area (Å²) in [4.78, 5) is 0.408. The quantitative estimate of drug-likeness (QED) is 0.930. The van der Waals surface area contributed by atoms with Crippen molar-refractivity contribution in [2.24, 2.45) is 11.8 Å². The van der Waals surface area contributed by atoms with Crippen LogP contribution in [0.4, 0.5) is 0 Å². The van der Waals surface area contributed by atoms with E-state index in [4.69, 9.17) is 4.74 Å². The monoisotopic (exact) mass is 309 g/mol. The van der Waals surface area contributed by atoms with E-state index in [0.717, 1.165) is 23.5 Å². The first-order valence-electron chi connectivity index (χ1n) is 7.58. The summed E-state index contributed by atoms with van der Waals surface area (Å²) in [6, 6.07) is 3.68. The Morgan fingerprint density at radius 1 is 1.14 bits per heavy atom. The van der Waals surface area contributed by atoms with Gasteiger partial charge >= 0.3 is 0 Å². The van der Waals surface area contributed by atoms with Gasteiger partial charge in [-0.2, -0.15) is 0 Å². The fourth-order valence-corrected chi connectivity index (χ4v) is 5.87. The van der Waals surface area contributed by atoms with E-state index < -0.39 is 10.0 Å². The molecule has 0 amide bonds. The van der Waals surface area contributed by atoms with Gasteiger partial charge in [0.2, 0.25) is 10.0 Å². The van der Waals surface area contributed by atoms with Gasteiger partial charge in [0.25, 0.3) is 0 Å². The molecule has 0 aliphatic heterocycles. The Morgan fingerprint density at radius 3 is 2.29 bits per heavy atom. The maximum atomic E-state index is 12.8. The fourth-order valence-electron chi connectivity index (χ4n) is 4.10. The van der Waals surface area contributed by atoms with Crippen LogP contribution >= 0.6 is 0 Å². The van der Waals surface area contributed by atoms with Gasteiger partial charge in [-0.1, -0.05) is 6.42 Å². The summed E-state index contributed by atoms with van der Waals surface area (Å²) in [7, 11) is -1.86. The van der Waals surface area contributed by atoms with E-state index in [-0.39, 0.29) is 6.04 Å². The largest absolute Gasteiger partial charge is 0.497 e. The van der Waals surface area contributed by atoms with Crippen molar-refractivity contribution in [3.63, 3.8) is 0 Å². The molecule has 1 N–H and O–H groups in total. The van der Waals surface area contributed by atoms with E-state index >= 15 is 0 Å². The molecule has 0 aromatic heterocycles. The molecule has 0 spiro atoms. The molecule has 5 heteroatoms. The van der Waals surface area contributed by atoms with Gasteiger partial charge in [0.1, 0.15) is 5.75 Å². The lowest BCUT2D eigenvalue weighted by atomic mass is 9.96. The minimum Gasteiger partial charge on any atom is -0.497 e. The lowest BCUT2D eigenvalue weighted by molar-refractivity contribution is 0.390. The normalized spacial score (nSPS) is 28.0. The molecular formula is C16H23NO3S. The van der Waals surface area contributed by atoms with Crippen molar-refractivity contribution in [3.05, 3.63) is 23.3 Å². The third kappa shape index (κ3) is 2.69. The van der Waals surface area contributed by atoms with Gasteiger partial charge in [-0.15, -0.1) is 0 Å². The van der Waals surface area contributed by atoms with Crippen LogP contribution in [-0.4, -0.2) is 21.6 Å². The molecule has 1 aromatic rings. The van der Waals surface area contributed by atoms with Crippen LogP contribution in [0.1, 0.15) is 36.8 Å². The maximum Gasteiger partial charge on any atom is 0.241 e. The van der Waals surface area contributed by atoms with Crippen molar-refractivity contribution in [1.29, 1.82) is 0 Å². The zero-order valence-electron chi connectivity index (χ0n) is 12.8. The molecule has 2 aliphatic carbocycles. The number of aryl methyl sites for hydroxylation is 2. The van der Waals surface area contributed by atoms with E-state index in [9.17, 15) is 8.42 Å². The molecule has 3 atom stereocenters. The SMILES string of the molecule is COc1cc(C)c(S(=O)(=O)N[C@@H]2C[C@H]3CC[C@@H]2C3)c(C)c1. The first kappa shape index (κ1) is 14.9. The zero-order chi connectivity index (χ0) is 15.2. The topological polar surface area (TPSA) is 55.4 Å². The van der Waals surface area contributed by atoms with Gasteiger partial charge in [0.05, 0.1) is 12.0 Å². The highest BCUT2D eigenvalue weighted by molar-refractivity contribution is 7.89. The first-order chi connectivity index (χ1) is 9.90. The van der Waals surface area contributed by atoms with Gasteiger partial charge in [-0.3, -0.25) is 0 Å². The Morgan fingerprint density at radius 2 is 1.81 bits per heavy atom. The van der Waals surface area contributed by atoms with Crippen LogP contribution in [0.15, 0.2) is 17.0 Å². The molecule has 21 heavy (non-hydrogen) atoms. The second-order valence-electron chi connectivity index (χ2n) is 6.49. The highest BCUT2D eigenvalue weighted by Gasteiger charge is 2.41. The molecule has 2 aliphatic rings. The lowest BCUT2D eigenvalue weighted by Crippen LogP contribution is -2.38. The Labute approximate surface area is 126 Å². The number of fused-ring (bicyclic) bond motifs is 2. The molecule has 0 saturated heterocycles. The minimum atomic E-state index is -3.46. The molecule has 0 heterocycles. The number of sulfonamides is 1. The molecule has 116 valence electrons. The van der Waals surface area contributed by atoms with Crippen LogP contribution in [-0.2, 0) is 10.0 Å². The van der Waals surface area contributed by atoms with Crippen LogP contribution in [0.25, 0.3) is 0 Å². The standard InChI is InChI=1S/C16H23NO3S/c1-10-6-14(20-3)7-11(2)16(10)21(18,19)17-15-9-12-4-5-13(15)8-12/h6-7,12-13,15,17H,4-5,8-9H2,1-3H3/t12-,13+,15+/m0/s1. The van der Waals surface area contributed by atoms with Gasteiger partial charge in [0, 0.05) is 6.04 Å². The number of hydrogen-bond acceptors (Lipinski definition) is 3. The lowest BCUT2D eigenvalue weighted by Gasteiger charge is -2.24. The number of rotatable bonds is 4. The summed E-state index contributed by atoms with van der Waals surface area (Å²) in [6.07, 6.45) is 4.62. The van der Waals surface area contributed by atoms with E-state index in [1.165, 1.54) is 19.3 Å². The van der Waals surface area contributed by atoms with Crippen molar-refractivity contribution in [2.75, 3.05) is 7.11 Å². The Hall–Kier alpha value is -1.07. The Bertz CT molecular complexity index is 630. The fraction of sp³-hybridized carbons (Fsp3) is 0.625. The van der Waals surface area contributed by atoms with Crippen molar-refractivity contribution in [1.82, 2.24) is 4.72 Å². The molecule has 2 fully saturated rings. The van der Waals surface area contributed by atoms with Crippen LogP contribution in [0.3, 0.4) is 0 Å². The minimum absolute atomic E-state index is 0.120. The van der Waals surface area contributed by atoms with E-state index in [1.54, 1.807) is 19.2 Å². The molecule has 1 aromatic carbocycles. The summed E-state index contributed by atoms with van der Waals surface area (Å²) in [5.74, 6) is 1.95. The van der Waals surface area contributed by atoms with E-state index in [0.29, 0.717) is 16.6 Å². The van der Waals surface area contributed by atoms with Crippen LogP contribution in [0, 0.1) is 25.7 Å². The second-order valence-corrected chi connectivity index (χ2v) is 8.14. The summed E-state index contributed by atoms with van der Waals surface area (Å²) in [6.45, 7) is 3.65. The second kappa shape index (κ2) is 5.29. The molecule has 4 nitrogen and oxygen atoms in total. The smallest absolute Gasteiger partial charge is 0.241 e. The Balaban J connectivity index is 1.88. The number of hydrogen-bond donors (Lipinski definition) is 1. The predicted octanol–water partition coefficient (Wildman–Crippen LogP) is 2.78. The molecule has 2 saturated carbocycles. The molecular weight excluding hydrogens is 286 g/mol. The number of ether oxygens (including phenoxy) is 1. The number of methoxy groups -OCH3 is 1. The van der Waals surface area contributed by atoms with Crippen molar-refractivity contribution >= 4 is 10.0 Å².